The van der Waals surface area contributed by atoms with Crippen LogP contribution in [0.25, 0.3) is 0 Å². The van der Waals surface area contributed by atoms with Crippen molar-refractivity contribution in [1.29, 1.82) is 0 Å². The Kier molecular flexibility index (Phi) is 5.41. The average Bonchev–Trinajstić information content (AvgIpc) is 3.11. The van der Waals surface area contributed by atoms with Crippen LogP contribution in [0.1, 0.15) is 19.8 Å². The number of benzene rings is 2. The number of halogens is 1. The van der Waals surface area contributed by atoms with Crippen molar-refractivity contribution in [2.75, 3.05) is 23.3 Å². The maximum absolute atomic E-state index is 12.5. The Morgan fingerprint density at radius 2 is 1.79 bits per heavy atom. The Bertz CT molecular complexity index is 697. The van der Waals surface area contributed by atoms with Crippen LogP contribution >= 0.6 is 15.9 Å². The van der Waals surface area contributed by atoms with E-state index < -0.39 is 6.10 Å². The topological polar surface area (TPSA) is 41.6 Å². The lowest BCUT2D eigenvalue weighted by atomic mass is 10.2. The standard InChI is InChI=1S/C19H21BrN2O2/c1-14(24-16-10-8-15(20)9-11-16)19(23)21-17-6-2-3-7-18(17)22-12-4-5-13-22/h2-3,6-11,14H,4-5,12-13H2,1H3,(H,21,23). The van der Waals surface area contributed by atoms with Crippen LogP contribution in [0.15, 0.2) is 53.0 Å². The van der Waals surface area contributed by atoms with E-state index in [9.17, 15) is 4.79 Å². The average molecular weight is 389 g/mol. The molecule has 0 aliphatic carbocycles. The van der Waals surface area contributed by atoms with Crippen molar-refractivity contribution >= 4 is 33.2 Å². The third-order valence-electron chi connectivity index (χ3n) is 4.10. The Hall–Kier alpha value is -2.01. The molecule has 1 aliphatic heterocycles. The zero-order chi connectivity index (χ0) is 16.9. The first-order valence-electron chi connectivity index (χ1n) is 8.20. The largest absolute Gasteiger partial charge is 0.481 e. The summed E-state index contributed by atoms with van der Waals surface area (Å²) in [5, 5.41) is 3.00. The fourth-order valence-electron chi connectivity index (χ4n) is 2.82. The van der Waals surface area contributed by atoms with Crippen molar-refractivity contribution in [1.82, 2.24) is 0 Å². The zero-order valence-electron chi connectivity index (χ0n) is 13.7. The van der Waals surface area contributed by atoms with Crippen LogP contribution in [0.4, 0.5) is 11.4 Å². The summed E-state index contributed by atoms with van der Waals surface area (Å²) >= 11 is 3.39. The van der Waals surface area contributed by atoms with Crippen LogP contribution in [0.5, 0.6) is 5.75 Å². The molecular formula is C19H21BrN2O2. The van der Waals surface area contributed by atoms with Crippen molar-refractivity contribution in [3.63, 3.8) is 0 Å². The van der Waals surface area contributed by atoms with E-state index >= 15 is 0 Å². The number of para-hydroxylation sites is 2. The van der Waals surface area contributed by atoms with E-state index in [-0.39, 0.29) is 5.91 Å². The van der Waals surface area contributed by atoms with Gasteiger partial charge in [-0.1, -0.05) is 28.1 Å². The van der Waals surface area contributed by atoms with Gasteiger partial charge in [-0.25, -0.2) is 0 Å². The van der Waals surface area contributed by atoms with E-state index in [1.165, 1.54) is 12.8 Å². The first kappa shape index (κ1) is 16.8. The van der Waals surface area contributed by atoms with E-state index in [2.05, 4.69) is 32.2 Å². The highest BCUT2D eigenvalue weighted by molar-refractivity contribution is 9.10. The first-order valence-corrected chi connectivity index (χ1v) is 9.00. The first-order chi connectivity index (χ1) is 11.6. The van der Waals surface area contributed by atoms with Crippen LogP contribution in [0, 0.1) is 0 Å². The predicted molar refractivity (Wildman–Crippen MR) is 101 cm³/mol. The van der Waals surface area contributed by atoms with Gasteiger partial charge in [0.2, 0.25) is 0 Å². The molecule has 126 valence electrons. The van der Waals surface area contributed by atoms with Gasteiger partial charge >= 0.3 is 0 Å². The van der Waals surface area contributed by atoms with Crippen molar-refractivity contribution < 1.29 is 9.53 Å². The Balaban J connectivity index is 1.67. The molecule has 1 aliphatic rings. The molecule has 1 heterocycles. The molecule has 3 rings (SSSR count). The van der Waals surface area contributed by atoms with Gasteiger partial charge in [-0.3, -0.25) is 4.79 Å². The van der Waals surface area contributed by atoms with Crippen molar-refractivity contribution in [3.8, 4) is 5.75 Å². The molecule has 1 amide bonds. The number of carbonyl (C=O) groups excluding carboxylic acids is 1. The highest BCUT2D eigenvalue weighted by atomic mass is 79.9. The summed E-state index contributed by atoms with van der Waals surface area (Å²) in [7, 11) is 0. The van der Waals surface area contributed by atoms with Gasteiger partial charge in [-0.05, 0) is 56.2 Å². The van der Waals surface area contributed by atoms with Gasteiger partial charge in [-0.2, -0.15) is 0 Å². The molecule has 0 spiro atoms. The molecule has 2 aromatic rings. The van der Waals surface area contributed by atoms with Gasteiger partial charge in [-0.15, -0.1) is 0 Å². The molecule has 1 unspecified atom stereocenters. The molecule has 0 radical (unpaired) electrons. The lowest BCUT2D eigenvalue weighted by Gasteiger charge is -2.22. The smallest absolute Gasteiger partial charge is 0.265 e. The molecule has 1 saturated heterocycles. The number of anilines is 2. The van der Waals surface area contributed by atoms with Gasteiger partial charge in [0.15, 0.2) is 6.10 Å². The summed E-state index contributed by atoms with van der Waals surface area (Å²) in [6, 6.07) is 15.4. The number of hydrogen-bond acceptors (Lipinski definition) is 3. The highest BCUT2D eigenvalue weighted by Gasteiger charge is 2.19. The summed E-state index contributed by atoms with van der Waals surface area (Å²) < 4.78 is 6.70. The molecule has 0 saturated carbocycles. The van der Waals surface area contributed by atoms with Gasteiger partial charge < -0.3 is 15.0 Å². The zero-order valence-corrected chi connectivity index (χ0v) is 15.3. The molecule has 1 atom stereocenters. The normalized spacial score (nSPS) is 15.2. The van der Waals surface area contributed by atoms with Gasteiger partial charge in [0.1, 0.15) is 5.75 Å². The fourth-order valence-corrected chi connectivity index (χ4v) is 3.08. The molecule has 24 heavy (non-hydrogen) atoms. The molecule has 0 aromatic heterocycles. The summed E-state index contributed by atoms with van der Waals surface area (Å²) in [4.78, 5) is 14.8. The van der Waals surface area contributed by atoms with Gasteiger partial charge in [0, 0.05) is 17.6 Å². The second kappa shape index (κ2) is 7.71. The molecule has 0 bridgehead atoms. The number of hydrogen-bond donors (Lipinski definition) is 1. The number of carbonyl (C=O) groups is 1. The van der Waals surface area contributed by atoms with Crippen LogP contribution in [-0.4, -0.2) is 25.1 Å². The van der Waals surface area contributed by atoms with E-state index in [1.54, 1.807) is 6.92 Å². The SMILES string of the molecule is CC(Oc1ccc(Br)cc1)C(=O)Nc1ccccc1N1CCCC1. The predicted octanol–water partition coefficient (Wildman–Crippen LogP) is 4.46. The quantitative estimate of drug-likeness (QED) is 0.821. The summed E-state index contributed by atoms with van der Waals surface area (Å²) in [5.41, 5.74) is 1.93. The van der Waals surface area contributed by atoms with Crippen molar-refractivity contribution in [2.45, 2.75) is 25.9 Å². The van der Waals surface area contributed by atoms with Crippen molar-refractivity contribution in [2.24, 2.45) is 0 Å². The molecule has 4 nitrogen and oxygen atoms in total. The number of amides is 1. The van der Waals surface area contributed by atoms with E-state index in [0.29, 0.717) is 5.75 Å². The maximum atomic E-state index is 12.5. The minimum absolute atomic E-state index is 0.149. The number of ether oxygens (including phenoxy) is 1. The molecule has 2 aromatic carbocycles. The second-order valence-corrected chi connectivity index (χ2v) is 6.83. The molecular weight excluding hydrogens is 368 g/mol. The summed E-state index contributed by atoms with van der Waals surface area (Å²) in [6.07, 6.45) is 1.83. The molecule has 5 heteroatoms. The lowest BCUT2D eigenvalue weighted by molar-refractivity contribution is -0.122. The van der Waals surface area contributed by atoms with Crippen molar-refractivity contribution in [3.05, 3.63) is 53.0 Å². The van der Waals surface area contributed by atoms with Gasteiger partial charge in [0.05, 0.1) is 11.4 Å². The maximum Gasteiger partial charge on any atom is 0.265 e. The summed E-state index contributed by atoms with van der Waals surface area (Å²) in [5.74, 6) is 0.526. The second-order valence-electron chi connectivity index (χ2n) is 5.91. The fraction of sp³-hybridized carbons (Fsp3) is 0.316. The minimum Gasteiger partial charge on any atom is -0.481 e. The Morgan fingerprint density at radius 1 is 1.12 bits per heavy atom. The third kappa shape index (κ3) is 4.09. The van der Waals surface area contributed by atoms with Crippen LogP contribution in [-0.2, 0) is 4.79 Å². The van der Waals surface area contributed by atoms with Crippen LogP contribution in [0.3, 0.4) is 0 Å². The lowest BCUT2D eigenvalue weighted by Crippen LogP contribution is -2.31. The van der Waals surface area contributed by atoms with E-state index in [4.69, 9.17) is 4.74 Å². The number of nitrogens with one attached hydrogen (secondary N) is 1. The Morgan fingerprint density at radius 3 is 2.50 bits per heavy atom. The third-order valence-corrected chi connectivity index (χ3v) is 4.63. The Labute approximate surface area is 150 Å². The number of rotatable bonds is 5. The highest BCUT2D eigenvalue weighted by Crippen LogP contribution is 2.29. The molecule has 1 fully saturated rings. The van der Waals surface area contributed by atoms with E-state index in [0.717, 1.165) is 28.9 Å². The van der Waals surface area contributed by atoms with Crippen LogP contribution in [0.2, 0.25) is 0 Å². The monoisotopic (exact) mass is 388 g/mol. The van der Waals surface area contributed by atoms with Crippen LogP contribution < -0.4 is 15.0 Å². The molecule has 1 N–H and O–H groups in total. The number of nitrogens with zero attached hydrogens (tertiary/aromatic N) is 1. The minimum atomic E-state index is -0.571. The summed E-state index contributed by atoms with van der Waals surface area (Å²) in [6.45, 7) is 3.84. The van der Waals surface area contributed by atoms with E-state index in [1.807, 2.05) is 42.5 Å². The van der Waals surface area contributed by atoms with Gasteiger partial charge in [0.25, 0.3) is 5.91 Å².